The number of benzene rings is 4. The zero-order valence-corrected chi connectivity index (χ0v) is 23.3. The van der Waals surface area contributed by atoms with E-state index in [-0.39, 0.29) is 0 Å². The molecule has 0 spiro atoms. The van der Waals surface area contributed by atoms with Gasteiger partial charge in [-0.15, -0.1) is 21.9 Å². The summed E-state index contributed by atoms with van der Waals surface area (Å²) in [6.07, 6.45) is -7.09. The maximum Gasteiger partial charge on any atom is 0.200 e. The van der Waals surface area contributed by atoms with E-state index < -0.39 is 150 Å². The van der Waals surface area contributed by atoms with Crippen molar-refractivity contribution in [1.29, 1.82) is 0 Å². The van der Waals surface area contributed by atoms with Crippen molar-refractivity contribution < 1.29 is 83.4 Å². The van der Waals surface area contributed by atoms with Crippen LogP contribution in [0.2, 0.25) is 0 Å². The first-order valence-corrected chi connectivity index (χ1v) is 12.5. The second kappa shape index (κ2) is 11.6. The number of hydrogen-bond donors (Lipinski definition) is 0. The Morgan fingerprint density at radius 2 is 0.396 bits per heavy atom. The zero-order valence-electron chi connectivity index (χ0n) is 23.3. The molecule has 0 fully saturated rings. The predicted molar refractivity (Wildman–Crippen MR) is 128 cm³/mol. The first-order valence-electron chi connectivity index (χ1n) is 12.5. The van der Waals surface area contributed by atoms with Crippen molar-refractivity contribution in [1.82, 2.24) is 0 Å². The van der Waals surface area contributed by atoms with E-state index in [1.165, 1.54) is 0 Å². The largest absolute Gasteiger partial charge is 0.207 e. The molecule has 0 saturated heterocycles. The van der Waals surface area contributed by atoms with Gasteiger partial charge in [-0.25, -0.2) is 83.4 Å². The van der Waals surface area contributed by atoms with Crippen molar-refractivity contribution in [2.24, 2.45) is 0 Å². The second-order valence-corrected chi connectivity index (χ2v) is 11.1. The molecule has 4 aromatic carbocycles. The van der Waals surface area contributed by atoms with Crippen molar-refractivity contribution in [3.05, 3.63) is 116 Å². The van der Waals surface area contributed by atoms with Crippen molar-refractivity contribution >= 4 is 28.0 Å². The smallest absolute Gasteiger partial charge is 0.200 e. The van der Waals surface area contributed by atoms with E-state index in [2.05, 4.69) is 0 Å². The van der Waals surface area contributed by atoms with Crippen molar-refractivity contribution in [3.8, 4) is 0 Å². The molecule has 0 N–H and O–H groups in total. The molecule has 0 aliphatic rings. The molecule has 0 unspecified atom stereocenters. The third kappa shape index (κ3) is 4.64. The van der Waals surface area contributed by atoms with E-state index in [9.17, 15) is 39.5 Å². The Balaban J connectivity index is 2.70. The summed E-state index contributed by atoms with van der Waals surface area (Å²) in [6.45, 7) is 2.39. The van der Waals surface area contributed by atoms with E-state index in [0.717, 1.165) is 20.8 Å². The van der Waals surface area contributed by atoms with Gasteiger partial charge in [0.1, 0.15) is 52.7 Å². The lowest BCUT2D eigenvalue weighted by Crippen LogP contribution is -2.81. The minimum atomic E-state index is -7.09. The third-order valence-corrected chi connectivity index (χ3v) is 7.51. The molecule has 20 heteroatoms. The summed E-state index contributed by atoms with van der Waals surface area (Å²) >= 11 is 0. The summed E-state index contributed by atoms with van der Waals surface area (Å²) in [5, 5.41) is 0. The van der Waals surface area contributed by atoms with Gasteiger partial charge in [-0.05, 0) is 5.41 Å². The van der Waals surface area contributed by atoms with Gasteiger partial charge >= 0.3 is 0 Å². The van der Waals surface area contributed by atoms with Crippen LogP contribution >= 0.6 is 0 Å². The molecule has 4 rings (SSSR count). The zero-order chi connectivity index (χ0) is 36.9. The summed E-state index contributed by atoms with van der Waals surface area (Å²) in [5.41, 5.74) is -17.6. The van der Waals surface area contributed by atoms with Crippen LogP contribution in [0.25, 0.3) is 0 Å². The molecule has 0 amide bonds. The van der Waals surface area contributed by atoms with Gasteiger partial charge in [0.25, 0.3) is 0 Å². The summed E-state index contributed by atoms with van der Waals surface area (Å²) in [7, 11) is 0. The van der Waals surface area contributed by atoms with Crippen LogP contribution in [0.5, 0.6) is 0 Å². The summed E-state index contributed by atoms with van der Waals surface area (Å²) in [6, 6.07) is 0. The van der Waals surface area contributed by atoms with E-state index in [1.807, 2.05) is 0 Å². The number of hydrogen-bond acceptors (Lipinski definition) is 0. The summed E-state index contributed by atoms with van der Waals surface area (Å²) in [4.78, 5) is 0. The maximum atomic E-state index is 16.1. The molecule has 0 heterocycles. The lowest BCUT2D eigenvalue weighted by atomic mass is 9.12. The highest BCUT2D eigenvalue weighted by atomic mass is 19.2. The Kier molecular flexibility index (Phi) is 8.84. The molecular weight excluding hydrogens is 708 g/mol. The monoisotopic (exact) mass is 717 g/mol. The van der Waals surface area contributed by atoms with Gasteiger partial charge in [0.05, 0.1) is 0 Å². The SMILES string of the molecule is CC(C)(C)c1c(F)c(F)c([B-](c2c(F)c(F)c(F)c(F)c2F)(c2c(F)c(F)c(F)c(F)c2F)c2c(F)c(F)c(F)c(F)c2F)c(F)c1F. The van der Waals surface area contributed by atoms with Crippen LogP contribution in [0.1, 0.15) is 26.3 Å². The van der Waals surface area contributed by atoms with Crippen LogP contribution in [0, 0.1) is 111 Å². The molecule has 48 heavy (non-hydrogen) atoms. The molecule has 0 saturated carbocycles. The fourth-order valence-electron chi connectivity index (χ4n) is 5.56. The maximum absolute atomic E-state index is 16.1. The molecule has 4 aromatic rings. The molecule has 0 aliphatic heterocycles. The van der Waals surface area contributed by atoms with Crippen molar-refractivity contribution in [2.75, 3.05) is 0 Å². The van der Waals surface area contributed by atoms with Crippen LogP contribution in [-0.4, -0.2) is 6.15 Å². The summed E-state index contributed by atoms with van der Waals surface area (Å²) in [5.74, 6) is -64.7. The van der Waals surface area contributed by atoms with E-state index in [1.54, 1.807) is 0 Å². The van der Waals surface area contributed by atoms with Crippen molar-refractivity contribution in [2.45, 2.75) is 26.2 Å². The number of rotatable bonds is 4. The van der Waals surface area contributed by atoms with E-state index in [4.69, 9.17) is 0 Å². The minimum absolute atomic E-state index is 0.795. The Bertz CT molecular complexity index is 1780. The van der Waals surface area contributed by atoms with Crippen molar-refractivity contribution in [3.63, 3.8) is 0 Å². The highest BCUT2D eigenvalue weighted by Crippen LogP contribution is 2.34. The predicted octanol–water partition coefficient (Wildman–Crippen LogP) is 7.00. The minimum Gasteiger partial charge on any atom is -0.207 e. The molecule has 0 atom stereocenters. The van der Waals surface area contributed by atoms with Gasteiger partial charge in [0.15, 0.2) is 64.0 Å². The fraction of sp³-hybridized carbons (Fsp3) is 0.143. The van der Waals surface area contributed by atoms with Crippen LogP contribution in [0.4, 0.5) is 83.4 Å². The molecule has 0 aromatic heterocycles. The Hall–Kier alpha value is -4.39. The molecule has 0 nitrogen and oxygen atoms in total. The van der Waals surface area contributed by atoms with Gasteiger partial charge in [-0.2, -0.15) is 0 Å². The normalized spacial score (nSPS) is 12.4. The van der Waals surface area contributed by atoms with Crippen LogP contribution in [0.3, 0.4) is 0 Å². The van der Waals surface area contributed by atoms with E-state index >= 15 is 43.9 Å². The second-order valence-electron chi connectivity index (χ2n) is 11.1. The van der Waals surface area contributed by atoms with Gasteiger partial charge < -0.3 is 0 Å². The van der Waals surface area contributed by atoms with Gasteiger partial charge in [0, 0.05) is 5.56 Å². The first kappa shape index (κ1) is 36.5. The summed E-state index contributed by atoms with van der Waals surface area (Å²) < 4.78 is 287. The Labute approximate surface area is 254 Å². The molecule has 0 radical (unpaired) electrons. The molecular formula is C28H9BF19-. The van der Waals surface area contributed by atoms with Crippen LogP contribution in [0.15, 0.2) is 0 Å². The average molecular weight is 717 g/mol. The Morgan fingerprint density at radius 1 is 0.250 bits per heavy atom. The number of halogens is 19. The van der Waals surface area contributed by atoms with Crippen LogP contribution in [-0.2, 0) is 5.41 Å². The van der Waals surface area contributed by atoms with Crippen LogP contribution < -0.4 is 21.9 Å². The topological polar surface area (TPSA) is 0 Å². The average Bonchev–Trinajstić information content (AvgIpc) is 3.01. The molecule has 0 bridgehead atoms. The lowest BCUT2D eigenvalue weighted by molar-refractivity contribution is 0.379. The molecule has 258 valence electrons. The Morgan fingerprint density at radius 3 is 0.562 bits per heavy atom. The van der Waals surface area contributed by atoms with E-state index in [0.29, 0.717) is 0 Å². The van der Waals surface area contributed by atoms with Gasteiger partial charge in [0.2, 0.25) is 0 Å². The standard InChI is InChI=1S/C28H9BF19/c1-28(2,3)4-9(30)11(32)5(12(33)10(4)31)29(6-13(34)19(40)25(46)20(41)14(6)35,7-15(36)21(42)26(47)22(43)16(7)37)8-17(38)23(44)27(48)24(45)18(8)39/h1-3H3/q-1. The highest BCUT2D eigenvalue weighted by molar-refractivity contribution is 7.20. The van der Waals surface area contributed by atoms with Gasteiger partial charge in [-0.1, -0.05) is 20.8 Å². The lowest BCUT2D eigenvalue weighted by Gasteiger charge is -2.45. The molecule has 0 aliphatic carbocycles. The quantitative estimate of drug-likeness (QED) is 0.0924. The first-order chi connectivity index (χ1) is 21.9. The highest BCUT2D eigenvalue weighted by Gasteiger charge is 2.52. The van der Waals surface area contributed by atoms with Gasteiger partial charge in [-0.3, -0.25) is 0 Å². The fourth-order valence-corrected chi connectivity index (χ4v) is 5.56. The third-order valence-electron chi connectivity index (χ3n) is 7.51.